The number of pyridine rings is 1. The summed E-state index contributed by atoms with van der Waals surface area (Å²) in [6.07, 6.45) is 2.03. The molecule has 2 amide bonds. The van der Waals surface area contributed by atoms with Gasteiger partial charge < -0.3 is 0 Å². The molecule has 2 aromatic rings. The van der Waals surface area contributed by atoms with Crippen LogP contribution < -0.4 is 15.6 Å². The van der Waals surface area contributed by atoms with Crippen molar-refractivity contribution >= 4 is 21.8 Å². The van der Waals surface area contributed by atoms with Crippen molar-refractivity contribution in [3.05, 3.63) is 59.9 Å². The van der Waals surface area contributed by atoms with E-state index in [-0.39, 0.29) is 22.9 Å². The Morgan fingerprint density at radius 2 is 1.76 bits per heavy atom. The highest BCUT2D eigenvalue weighted by atomic mass is 32.2. The summed E-state index contributed by atoms with van der Waals surface area (Å²) in [6.45, 7) is 0. The van der Waals surface area contributed by atoms with E-state index in [1.165, 1.54) is 31.4 Å². The molecule has 25 heavy (non-hydrogen) atoms. The summed E-state index contributed by atoms with van der Waals surface area (Å²) >= 11 is 0. The first-order valence-corrected chi connectivity index (χ1v) is 8.93. The van der Waals surface area contributed by atoms with Crippen molar-refractivity contribution in [1.29, 1.82) is 0 Å². The lowest BCUT2D eigenvalue weighted by Crippen LogP contribution is -2.42. The third-order valence-corrected chi connectivity index (χ3v) is 4.79. The smallest absolute Gasteiger partial charge is 0.273 e. The molecule has 0 aliphatic carbocycles. The highest BCUT2D eigenvalue weighted by Crippen LogP contribution is 2.11. The zero-order valence-electron chi connectivity index (χ0n) is 13.5. The number of sulfonamides is 1. The third kappa shape index (κ3) is 5.37. The number of aromatic nitrogens is 1. The van der Waals surface area contributed by atoms with Gasteiger partial charge in [-0.15, -0.1) is 0 Å². The van der Waals surface area contributed by atoms with Gasteiger partial charge in [-0.05, 0) is 43.3 Å². The lowest BCUT2D eigenvalue weighted by molar-refractivity contribution is -0.121. The Bertz CT molecular complexity index is 836. The average molecular weight is 362 g/mol. The van der Waals surface area contributed by atoms with Crippen LogP contribution in [0.15, 0.2) is 53.6 Å². The Kier molecular flexibility index (Phi) is 6.20. The number of benzene rings is 1. The molecule has 9 heteroatoms. The Morgan fingerprint density at radius 1 is 1.04 bits per heavy atom. The molecule has 1 aromatic heterocycles. The van der Waals surface area contributed by atoms with Crippen molar-refractivity contribution in [2.45, 2.75) is 17.7 Å². The van der Waals surface area contributed by atoms with Gasteiger partial charge in [0.2, 0.25) is 15.9 Å². The molecule has 0 saturated carbocycles. The third-order valence-electron chi connectivity index (χ3n) is 3.36. The molecule has 0 saturated heterocycles. The van der Waals surface area contributed by atoms with Crippen molar-refractivity contribution < 1.29 is 18.0 Å². The first kappa shape index (κ1) is 18.6. The van der Waals surface area contributed by atoms with Crippen LogP contribution in [0.1, 0.15) is 22.5 Å². The van der Waals surface area contributed by atoms with Crippen molar-refractivity contribution in [1.82, 2.24) is 20.6 Å². The minimum absolute atomic E-state index is 0.140. The summed E-state index contributed by atoms with van der Waals surface area (Å²) in [6, 6.07) is 11.1. The van der Waals surface area contributed by atoms with Gasteiger partial charge in [-0.3, -0.25) is 25.4 Å². The molecule has 1 heterocycles. The van der Waals surface area contributed by atoms with Crippen LogP contribution in [0.4, 0.5) is 0 Å². The number of carbonyl (C=O) groups is 2. The summed E-state index contributed by atoms with van der Waals surface area (Å²) in [5.41, 5.74) is 5.60. The number of hydrogen-bond donors (Lipinski definition) is 3. The largest absolute Gasteiger partial charge is 0.288 e. The summed E-state index contributed by atoms with van der Waals surface area (Å²) in [5.74, 6) is -0.869. The standard InChI is InChI=1S/C16H18N4O4S/c1-17-25(23,24)13-8-5-12(6-9-13)7-10-15(21)19-20-16(22)14-4-2-3-11-18-14/h2-6,8-9,11,17H,7,10H2,1H3,(H,19,21)(H,20,22). The summed E-state index contributed by atoms with van der Waals surface area (Å²) < 4.78 is 25.5. The van der Waals surface area contributed by atoms with Crippen LogP contribution in [0, 0.1) is 0 Å². The van der Waals surface area contributed by atoms with Gasteiger partial charge >= 0.3 is 0 Å². The van der Waals surface area contributed by atoms with Crippen LogP contribution in [0.5, 0.6) is 0 Å². The number of amides is 2. The number of hydrogen-bond acceptors (Lipinski definition) is 5. The number of hydrazine groups is 1. The highest BCUT2D eigenvalue weighted by molar-refractivity contribution is 7.89. The van der Waals surface area contributed by atoms with Gasteiger partial charge in [0.25, 0.3) is 5.91 Å². The van der Waals surface area contributed by atoms with E-state index >= 15 is 0 Å². The fraction of sp³-hybridized carbons (Fsp3) is 0.188. The van der Waals surface area contributed by atoms with Crippen LogP contribution in [-0.2, 0) is 21.2 Å². The molecule has 0 radical (unpaired) electrons. The molecule has 2 rings (SSSR count). The monoisotopic (exact) mass is 362 g/mol. The number of carbonyl (C=O) groups excluding carboxylic acids is 2. The fourth-order valence-corrected chi connectivity index (χ4v) is 2.69. The second-order valence-corrected chi connectivity index (χ2v) is 6.96. The highest BCUT2D eigenvalue weighted by Gasteiger charge is 2.11. The predicted molar refractivity (Wildman–Crippen MR) is 90.9 cm³/mol. The van der Waals surface area contributed by atoms with Crippen molar-refractivity contribution in [3.8, 4) is 0 Å². The maximum Gasteiger partial charge on any atom is 0.288 e. The molecule has 3 N–H and O–H groups in total. The average Bonchev–Trinajstić information content (AvgIpc) is 2.65. The van der Waals surface area contributed by atoms with Crippen molar-refractivity contribution in [3.63, 3.8) is 0 Å². The number of aryl methyl sites for hydroxylation is 1. The zero-order valence-corrected chi connectivity index (χ0v) is 14.3. The van der Waals surface area contributed by atoms with Crippen LogP contribution >= 0.6 is 0 Å². The zero-order chi connectivity index (χ0) is 18.3. The molecule has 0 fully saturated rings. The molecular formula is C16H18N4O4S. The van der Waals surface area contributed by atoms with E-state index in [9.17, 15) is 18.0 Å². The quantitative estimate of drug-likeness (QED) is 0.643. The molecule has 0 bridgehead atoms. The molecule has 8 nitrogen and oxygen atoms in total. The Hall–Kier alpha value is -2.78. The summed E-state index contributed by atoms with van der Waals surface area (Å²) in [5, 5.41) is 0. The first-order chi connectivity index (χ1) is 11.9. The second-order valence-electron chi connectivity index (χ2n) is 5.07. The van der Waals surface area contributed by atoms with Crippen molar-refractivity contribution in [2.24, 2.45) is 0 Å². The second kappa shape index (κ2) is 8.36. The molecule has 0 spiro atoms. The van der Waals surface area contributed by atoms with E-state index in [2.05, 4.69) is 20.6 Å². The maximum atomic E-state index is 11.8. The van der Waals surface area contributed by atoms with Gasteiger partial charge in [-0.1, -0.05) is 18.2 Å². The van der Waals surface area contributed by atoms with E-state index in [1.54, 1.807) is 24.3 Å². The molecular weight excluding hydrogens is 344 g/mol. The van der Waals surface area contributed by atoms with E-state index < -0.39 is 15.9 Å². The fourth-order valence-electron chi connectivity index (χ4n) is 1.96. The lowest BCUT2D eigenvalue weighted by Gasteiger charge is -2.07. The molecule has 132 valence electrons. The number of nitrogens with one attached hydrogen (secondary N) is 3. The SMILES string of the molecule is CNS(=O)(=O)c1ccc(CCC(=O)NNC(=O)c2ccccn2)cc1. The predicted octanol–water partition coefficient (Wildman–Crippen LogP) is 0.384. The van der Waals surface area contributed by atoms with Gasteiger partial charge in [0.1, 0.15) is 5.69 Å². The van der Waals surface area contributed by atoms with Gasteiger partial charge in [0.15, 0.2) is 0 Å². The van der Waals surface area contributed by atoms with Gasteiger partial charge in [-0.25, -0.2) is 13.1 Å². The topological polar surface area (TPSA) is 117 Å². The lowest BCUT2D eigenvalue weighted by atomic mass is 10.1. The van der Waals surface area contributed by atoms with Gasteiger partial charge in [0.05, 0.1) is 4.90 Å². The number of nitrogens with zero attached hydrogens (tertiary/aromatic N) is 1. The van der Waals surface area contributed by atoms with Gasteiger partial charge in [0, 0.05) is 12.6 Å². The van der Waals surface area contributed by atoms with Gasteiger partial charge in [-0.2, -0.15) is 0 Å². The molecule has 0 atom stereocenters. The molecule has 0 unspecified atom stereocenters. The Labute approximate surface area is 145 Å². The summed E-state index contributed by atoms with van der Waals surface area (Å²) in [4.78, 5) is 27.5. The van der Waals surface area contributed by atoms with Crippen LogP contribution in [-0.4, -0.2) is 32.3 Å². The molecule has 1 aromatic carbocycles. The maximum absolute atomic E-state index is 11.8. The first-order valence-electron chi connectivity index (χ1n) is 7.45. The molecule has 0 aliphatic heterocycles. The van der Waals surface area contributed by atoms with E-state index in [0.29, 0.717) is 6.42 Å². The van der Waals surface area contributed by atoms with E-state index in [0.717, 1.165) is 5.56 Å². The number of rotatable bonds is 6. The van der Waals surface area contributed by atoms with Crippen LogP contribution in [0.2, 0.25) is 0 Å². The Balaban J connectivity index is 1.81. The van der Waals surface area contributed by atoms with Crippen molar-refractivity contribution in [2.75, 3.05) is 7.05 Å². The van der Waals surface area contributed by atoms with E-state index in [4.69, 9.17) is 0 Å². The normalized spacial score (nSPS) is 10.9. The minimum Gasteiger partial charge on any atom is -0.273 e. The summed E-state index contributed by atoms with van der Waals surface area (Å²) in [7, 11) is -2.13. The minimum atomic E-state index is -3.47. The van der Waals surface area contributed by atoms with Crippen LogP contribution in [0.25, 0.3) is 0 Å². The van der Waals surface area contributed by atoms with E-state index in [1.807, 2.05) is 0 Å². The molecule has 0 aliphatic rings. The van der Waals surface area contributed by atoms with Crippen LogP contribution in [0.3, 0.4) is 0 Å². The Morgan fingerprint density at radius 3 is 2.36 bits per heavy atom.